The van der Waals surface area contributed by atoms with Crippen LogP contribution in [0.15, 0.2) is 0 Å². The Morgan fingerprint density at radius 2 is 2.18 bits per heavy atom. The molecular formula is C7H15NO2S. The van der Waals surface area contributed by atoms with Gasteiger partial charge in [-0.3, -0.25) is 0 Å². The molecule has 0 N–H and O–H groups in total. The van der Waals surface area contributed by atoms with Crippen LogP contribution in [0.3, 0.4) is 0 Å². The number of hydrogen-bond donors (Lipinski definition) is 0. The van der Waals surface area contributed by atoms with Crippen LogP contribution in [-0.4, -0.2) is 31.1 Å². The molecular weight excluding hydrogens is 162 g/mol. The van der Waals surface area contributed by atoms with Crippen molar-refractivity contribution in [1.82, 2.24) is 4.31 Å². The first-order valence-corrected chi connectivity index (χ1v) is 5.58. The van der Waals surface area contributed by atoms with Crippen LogP contribution in [0.25, 0.3) is 0 Å². The summed E-state index contributed by atoms with van der Waals surface area (Å²) in [4.78, 5) is 0. The van der Waals surface area contributed by atoms with E-state index in [4.69, 9.17) is 0 Å². The minimum atomic E-state index is -2.84. The summed E-state index contributed by atoms with van der Waals surface area (Å²) in [7, 11) is -2.84. The molecule has 1 aliphatic heterocycles. The van der Waals surface area contributed by atoms with Crippen LogP contribution in [0.4, 0.5) is 0 Å². The second-order valence-electron chi connectivity index (χ2n) is 3.07. The quantitative estimate of drug-likeness (QED) is 0.640. The maximum atomic E-state index is 11.2. The molecule has 66 valence electrons. The maximum Gasteiger partial charge on any atom is 0.218 e. The maximum absolute atomic E-state index is 11.2. The third-order valence-electron chi connectivity index (χ3n) is 2.09. The molecule has 1 atom stereocenters. The SMILES string of the molecule is CCCCN1CC(C)S1(=O)=O. The molecule has 0 amide bonds. The van der Waals surface area contributed by atoms with Crippen LogP contribution in [-0.2, 0) is 10.0 Å². The number of sulfonamides is 1. The minimum Gasteiger partial charge on any atom is -0.212 e. The van der Waals surface area contributed by atoms with Crippen molar-refractivity contribution in [2.75, 3.05) is 13.1 Å². The van der Waals surface area contributed by atoms with E-state index in [-0.39, 0.29) is 5.25 Å². The smallest absolute Gasteiger partial charge is 0.212 e. The van der Waals surface area contributed by atoms with Gasteiger partial charge in [0.25, 0.3) is 0 Å². The standard InChI is InChI=1S/C7H15NO2S/c1-3-4-5-8-6-7(2)11(8,9)10/h7H,3-6H2,1-2H3. The Bertz CT molecular complexity index is 223. The molecule has 1 aliphatic rings. The summed E-state index contributed by atoms with van der Waals surface area (Å²) < 4.78 is 23.9. The summed E-state index contributed by atoms with van der Waals surface area (Å²) in [5, 5.41) is -0.139. The predicted molar refractivity (Wildman–Crippen MR) is 44.9 cm³/mol. The van der Waals surface area contributed by atoms with E-state index in [1.165, 1.54) is 0 Å². The Balaban J connectivity index is 2.41. The van der Waals surface area contributed by atoms with E-state index in [2.05, 4.69) is 6.92 Å². The van der Waals surface area contributed by atoms with E-state index in [0.29, 0.717) is 6.54 Å². The molecule has 0 aromatic carbocycles. The Morgan fingerprint density at radius 3 is 2.55 bits per heavy atom. The Labute approximate surface area is 68.4 Å². The van der Waals surface area contributed by atoms with Gasteiger partial charge in [-0.2, -0.15) is 0 Å². The normalized spacial score (nSPS) is 29.8. The van der Waals surface area contributed by atoms with Crippen molar-refractivity contribution in [3.05, 3.63) is 0 Å². The molecule has 1 fully saturated rings. The largest absolute Gasteiger partial charge is 0.218 e. The van der Waals surface area contributed by atoms with Gasteiger partial charge in [-0.05, 0) is 13.3 Å². The molecule has 0 aromatic rings. The van der Waals surface area contributed by atoms with Crippen molar-refractivity contribution in [1.29, 1.82) is 0 Å². The Hall–Kier alpha value is -0.0900. The van der Waals surface area contributed by atoms with E-state index >= 15 is 0 Å². The molecule has 0 radical (unpaired) electrons. The van der Waals surface area contributed by atoms with E-state index in [9.17, 15) is 8.42 Å². The highest BCUT2D eigenvalue weighted by molar-refractivity contribution is 7.91. The van der Waals surface area contributed by atoms with Gasteiger partial charge in [-0.25, -0.2) is 12.7 Å². The number of rotatable bonds is 3. The van der Waals surface area contributed by atoms with Gasteiger partial charge >= 0.3 is 0 Å². The summed E-state index contributed by atoms with van der Waals surface area (Å²) in [6.45, 7) is 5.26. The highest BCUT2D eigenvalue weighted by Crippen LogP contribution is 2.21. The molecule has 3 nitrogen and oxygen atoms in total. The van der Waals surface area contributed by atoms with Crippen molar-refractivity contribution in [3.63, 3.8) is 0 Å². The molecule has 4 heteroatoms. The number of unbranched alkanes of at least 4 members (excludes halogenated alkanes) is 1. The lowest BCUT2D eigenvalue weighted by molar-refractivity contribution is 0.345. The van der Waals surface area contributed by atoms with Gasteiger partial charge in [0.2, 0.25) is 10.0 Å². The first kappa shape index (κ1) is 9.00. The fraction of sp³-hybridized carbons (Fsp3) is 1.00. The van der Waals surface area contributed by atoms with Crippen molar-refractivity contribution >= 4 is 10.0 Å². The zero-order valence-electron chi connectivity index (χ0n) is 7.08. The molecule has 0 bridgehead atoms. The highest BCUT2D eigenvalue weighted by atomic mass is 32.2. The van der Waals surface area contributed by atoms with Crippen LogP contribution >= 0.6 is 0 Å². The van der Waals surface area contributed by atoms with Crippen LogP contribution in [0.2, 0.25) is 0 Å². The van der Waals surface area contributed by atoms with Gasteiger partial charge < -0.3 is 0 Å². The average Bonchev–Trinajstić information content (AvgIpc) is 1.97. The summed E-state index contributed by atoms with van der Waals surface area (Å²) in [6.07, 6.45) is 2.03. The first-order valence-electron chi connectivity index (χ1n) is 4.08. The molecule has 1 unspecified atom stereocenters. The van der Waals surface area contributed by atoms with E-state index in [0.717, 1.165) is 19.4 Å². The van der Waals surface area contributed by atoms with Gasteiger partial charge in [-0.15, -0.1) is 0 Å². The van der Waals surface area contributed by atoms with E-state index < -0.39 is 10.0 Å². The van der Waals surface area contributed by atoms with E-state index in [1.807, 2.05) is 0 Å². The van der Waals surface area contributed by atoms with Gasteiger partial charge in [0.1, 0.15) is 0 Å². The van der Waals surface area contributed by atoms with Crippen molar-refractivity contribution in [2.24, 2.45) is 0 Å². The fourth-order valence-electron chi connectivity index (χ4n) is 1.21. The predicted octanol–water partition coefficient (Wildman–Crippen LogP) is 0.820. The van der Waals surface area contributed by atoms with Crippen LogP contribution in [0, 0.1) is 0 Å². The molecule has 0 aromatic heterocycles. The fourth-order valence-corrected chi connectivity index (χ4v) is 2.64. The Kier molecular flexibility index (Phi) is 2.54. The lowest BCUT2D eigenvalue weighted by Crippen LogP contribution is -2.54. The molecule has 1 heterocycles. The second kappa shape index (κ2) is 3.11. The minimum absolute atomic E-state index is 0.139. The molecule has 1 rings (SSSR count). The van der Waals surface area contributed by atoms with Gasteiger partial charge in [-0.1, -0.05) is 13.3 Å². The third-order valence-corrected chi connectivity index (χ3v) is 4.31. The highest BCUT2D eigenvalue weighted by Gasteiger charge is 2.39. The monoisotopic (exact) mass is 177 g/mol. The first-order chi connectivity index (χ1) is 5.09. The average molecular weight is 177 g/mol. The molecule has 11 heavy (non-hydrogen) atoms. The zero-order valence-corrected chi connectivity index (χ0v) is 7.89. The van der Waals surface area contributed by atoms with Gasteiger partial charge in [0.15, 0.2) is 0 Å². The van der Waals surface area contributed by atoms with Gasteiger partial charge in [0, 0.05) is 13.1 Å². The number of nitrogens with zero attached hydrogens (tertiary/aromatic N) is 1. The van der Waals surface area contributed by atoms with Crippen molar-refractivity contribution < 1.29 is 8.42 Å². The molecule has 1 saturated heterocycles. The lowest BCUT2D eigenvalue weighted by Gasteiger charge is -2.36. The van der Waals surface area contributed by atoms with Crippen molar-refractivity contribution in [2.45, 2.75) is 31.9 Å². The summed E-state index contributed by atoms with van der Waals surface area (Å²) in [6, 6.07) is 0. The lowest BCUT2D eigenvalue weighted by atomic mass is 10.3. The summed E-state index contributed by atoms with van der Waals surface area (Å²) in [5.41, 5.74) is 0. The van der Waals surface area contributed by atoms with Crippen molar-refractivity contribution in [3.8, 4) is 0 Å². The summed E-state index contributed by atoms with van der Waals surface area (Å²) in [5.74, 6) is 0. The molecule has 0 spiro atoms. The Morgan fingerprint density at radius 1 is 1.55 bits per heavy atom. The van der Waals surface area contributed by atoms with Crippen LogP contribution in [0.1, 0.15) is 26.7 Å². The summed E-state index contributed by atoms with van der Waals surface area (Å²) >= 11 is 0. The van der Waals surface area contributed by atoms with Crippen LogP contribution in [0.5, 0.6) is 0 Å². The third kappa shape index (κ3) is 1.56. The molecule has 0 aliphatic carbocycles. The van der Waals surface area contributed by atoms with Crippen LogP contribution < -0.4 is 0 Å². The van der Waals surface area contributed by atoms with E-state index in [1.54, 1.807) is 11.2 Å². The zero-order chi connectivity index (χ0) is 8.48. The second-order valence-corrected chi connectivity index (χ2v) is 5.42. The number of hydrogen-bond acceptors (Lipinski definition) is 2. The topological polar surface area (TPSA) is 37.4 Å². The van der Waals surface area contributed by atoms with Gasteiger partial charge in [0.05, 0.1) is 5.25 Å². The molecule has 0 saturated carbocycles.